The van der Waals surface area contributed by atoms with Gasteiger partial charge in [0, 0.05) is 101 Å². The number of hydrogen-bond acceptors (Lipinski definition) is 12. The van der Waals surface area contributed by atoms with E-state index in [1.807, 2.05) is 117 Å². The number of nitrogens with zero attached hydrogens (tertiary/aromatic N) is 6. The van der Waals surface area contributed by atoms with Crippen LogP contribution in [0, 0.1) is 0 Å². The predicted molar refractivity (Wildman–Crippen MR) is 296 cm³/mol. The quantitative estimate of drug-likeness (QED) is 0.0421. The minimum Gasteiger partial charge on any atom is -0.459 e. The number of piperazine rings is 2. The van der Waals surface area contributed by atoms with E-state index in [9.17, 15) is 19.2 Å². The fourth-order valence-corrected chi connectivity index (χ4v) is 10.6. The Labute approximate surface area is 438 Å². The normalized spacial score (nSPS) is 17.5. The lowest BCUT2D eigenvalue weighted by molar-refractivity contribution is -0.163. The van der Waals surface area contributed by atoms with Crippen LogP contribution in [0.2, 0.25) is 0 Å². The number of carbonyl (C=O) groups excluding carboxylic acids is 4. The molecule has 2 saturated heterocycles. The highest BCUT2D eigenvalue weighted by Crippen LogP contribution is 2.31. The van der Waals surface area contributed by atoms with Crippen LogP contribution in [0.5, 0.6) is 0 Å². The summed E-state index contributed by atoms with van der Waals surface area (Å²) in [5.41, 5.74) is 3.04. The third kappa shape index (κ3) is 14.5. The number of anilines is 2. The highest BCUT2D eigenvalue weighted by atomic mass is 16.6. The molecule has 2 aliphatic rings. The van der Waals surface area contributed by atoms with Gasteiger partial charge < -0.3 is 19.3 Å². The van der Waals surface area contributed by atoms with Gasteiger partial charge in [0.15, 0.2) is 17.3 Å². The first-order chi connectivity index (χ1) is 34.9. The molecule has 0 spiro atoms. The minimum absolute atomic E-state index is 0.0586. The van der Waals surface area contributed by atoms with Gasteiger partial charge in [0.05, 0.1) is 24.1 Å². The van der Waals surface area contributed by atoms with Crippen molar-refractivity contribution >= 4 is 34.7 Å². The lowest BCUT2D eigenvalue weighted by Crippen LogP contribution is -2.52. The van der Waals surface area contributed by atoms with Crippen molar-refractivity contribution in [3.63, 3.8) is 0 Å². The smallest absolute Gasteiger partial charge is 0.307 e. The molecule has 2 aliphatic heterocycles. The van der Waals surface area contributed by atoms with Crippen LogP contribution in [0.1, 0.15) is 112 Å². The first-order valence-corrected chi connectivity index (χ1v) is 26.9. The number of benzene rings is 4. The molecule has 0 radical (unpaired) electrons. The van der Waals surface area contributed by atoms with Gasteiger partial charge in [0.2, 0.25) is 0 Å². The molecule has 0 bridgehead atoms. The van der Waals surface area contributed by atoms with Crippen LogP contribution >= 0.6 is 0 Å². The summed E-state index contributed by atoms with van der Waals surface area (Å²) in [6.45, 7) is 20.1. The number of ketones is 3. The molecule has 4 aromatic rings. The van der Waals surface area contributed by atoms with Gasteiger partial charge in [-0.05, 0) is 141 Å². The Morgan fingerprint density at radius 2 is 0.918 bits per heavy atom. The van der Waals surface area contributed by atoms with Crippen molar-refractivity contribution in [3.8, 4) is 0 Å². The maximum atomic E-state index is 14.1. The van der Waals surface area contributed by atoms with Gasteiger partial charge >= 0.3 is 5.97 Å². The highest BCUT2D eigenvalue weighted by Gasteiger charge is 2.41. The first kappa shape index (κ1) is 57.0. The van der Waals surface area contributed by atoms with E-state index in [2.05, 4.69) is 91.8 Å². The van der Waals surface area contributed by atoms with Gasteiger partial charge in [-0.3, -0.25) is 38.8 Å². The van der Waals surface area contributed by atoms with E-state index >= 15 is 0 Å². The van der Waals surface area contributed by atoms with Crippen molar-refractivity contribution in [2.24, 2.45) is 0 Å². The van der Waals surface area contributed by atoms with Crippen LogP contribution in [0.15, 0.2) is 109 Å². The van der Waals surface area contributed by atoms with Crippen molar-refractivity contribution < 1.29 is 28.7 Å². The molecule has 0 N–H and O–H groups in total. The zero-order valence-electron chi connectivity index (χ0n) is 46.0. The maximum Gasteiger partial charge on any atom is 0.307 e. The molecule has 3 atom stereocenters. The zero-order valence-corrected chi connectivity index (χ0v) is 46.0. The molecule has 6 rings (SSSR count). The standard InChI is InChI=1S/C61H86N6O6/c1-11-59(6,73-55(69)33-36-65-39-43-67(44-40-65)53-30-26-51(27-31-53)57(71)61(13-3,63(9)10)47-49-22-18-15-19-23-49)34-45-72-58(4,5)54(68)32-35-64-37-41-66(42-38-64)52-28-24-50(25-29-52)56(70)60(12-2,62(7)8)46-48-20-16-14-17-21-48/h14-31H,11-13,32-47H2,1-10H3. The maximum absolute atomic E-state index is 14.1. The molecule has 3 unspecified atom stereocenters. The Morgan fingerprint density at radius 1 is 0.521 bits per heavy atom. The molecule has 73 heavy (non-hydrogen) atoms. The van der Waals surface area contributed by atoms with Crippen LogP contribution in [-0.2, 0) is 31.9 Å². The molecular formula is C61H86N6O6. The molecule has 4 aromatic carbocycles. The topological polar surface area (TPSA) is 106 Å². The zero-order chi connectivity index (χ0) is 52.8. The molecule has 2 heterocycles. The number of likely N-dealkylation sites (N-methyl/N-ethyl adjacent to an activating group) is 2. The Balaban J connectivity index is 0.879. The second-order valence-electron chi connectivity index (χ2n) is 21.6. The van der Waals surface area contributed by atoms with Crippen molar-refractivity contribution in [1.82, 2.24) is 19.6 Å². The van der Waals surface area contributed by atoms with Crippen molar-refractivity contribution in [1.29, 1.82) is 0 Å². The van der Waals surface area contributed by atoms with Crippen molar-refractivity contribution in [3.05, 3.63) is 131 Å². The average molecular weight is 999 g/mol. The lowest BCUT2D eigenvalue weighted by atomic mass is 9.80. The number of rotatable bonds is 27. The number of esters is 1. The van der Waals surface area contributed by atoms with Crippen LogP contribution < -0.4 is 9.80 Å². The fraction of sp³-hybridized carbons (Fsp3) is 0.541. The molecule has 0 amide bonds. The minimum atomic E-state index is -0.958. The second kappa shape index (κ2) is 25.8. The Hall–Kier alpha value is -5.24. The summed E-state index contributed by atoms with van der Waals surface area (Å²) >= 11 is 0. The molecule has 2 fully saturated rings. The third-order valence-electron chi connectivity index (χ3n) is 16.3. The van der Waals surface area contributed by atoms with Crippen molar-refractivity contribution in [2.75, 3.05) is 110 Å². The second-order valence-corrected chi connectivity index (χ2v) is 21.6. The number of carbonyl (C=O) groups is 4. The number of hydrogen-bond donors (Lipinski definition) is 0. The van der Waals surface area contributed by atoms with E-state index in [0.29, 0.717) is 71.1 Å². The van der Waals surface area contributed by atoms with E-state index in [-0.39, 0.29) is 23.3 Å². The van der Waals surface area contributed by atoms with E-state index in [0.717, 1.165) is 86.0 Å². The first-order valence-electron chi connectivity index (χ1n) is 26.9. The number of ether oxygens (including phenoxy) is 2. The van der Waals surface area contributed by atoms with Gasteiger partial charge in [0.25, 0.3) is 0 Å². The van der Waals surface area contributed by atoms with Crippen LogP contribution in [0.3, 0.4) is 0 Å². The van der Waals surface area contributed by atoms with Gasteiger partial charge in [-0.1, -0.05) is 81.4 Å². The molecule has 12 nitrogen and oxygen atoms in total. The van der Waals surface area contributed by atoms with Crippen molar-refractivity contribution in [2.45, 2.75) is 115 Å². The summed E-state index contributed by atoms with van der Waals surface area (Å²) in [6, 6.07) is 36.7. The Bertz CT molecular complexity index is 2380. The lowest BCUT2D eigenvalue weighted by Gasteiger charge is -2.38. The summed E-state index contributed by atoms with van der Waals surface area (Å²) in [5.74, 6) is 0.117. The number of Topliss-reactive ketones (excluding diaryl/α,β-unsaturated/α-hetero) is 3. The molecule has 0 saturated carbocycles. The monoisotopic (exact) mass is 999 g/mol. The van der Waals surface area contributed by atoms with Gasteiger partial charge in [-0.2, -0.15) is 0 Å². The summed E-state index contributed by atoms with van der Waals surface area (Å²) in [7, 11) is 7.99. The summed E-state index contributed by atoms with van der Waals surface area (Å²) in [5, 5.41) is 0. The predicted octanol–water partition coefficient (Wildman–Crippen LogP) is 9.15. The third-order valence-corrected chi connectivity index (χ3v) is 16.3. The summed E-state index contributed by atoms with van der Waals surface area (Å²) in [4.78, 5) is 68.4. The molecule has 396 valence electrons. The highest BCUT2D eigenvalue weighted by molar-refractivity contribution is 6.04. The van der Waals surface area contributed by atoms with Gasteiger partial charge in [-0.25, -0.2) is 0 Å². The van der Waals surface area contributed by atoms with Gasteiger partial charge in [-0.15, -0.1) is 0 Å². The fourth-order valence-electron chi connectivity index (χ4n) is 10.6. The summed E-state index contributed by atoms with van der Waals surface area (Å²) in [6.07, 6.45) is 4.56. The van der Waals surface area contributed by atoms with E-state index in [1.54, 1.807) is 0 Å². The molecular weight excluding hydrogens is 913 g/mol. The van der Waals surface area contributed by atoms with Crippen LogP contribution in [0.4, 0.5) is 11.4 Å². The largest absolute Gasteiger partial charge is 0.459 e. The molecule has 0 aliphatic carbocycles. The Kier molecular flexibility index (Phi) is 20.2. The van der Waals surface area contributed by atoms with Gasteiger partial charge in [0.1, 0.15) is 11.2 Å². The molecule has 0 aromatic heterocycles. The van der Waals surface area contributed by atoms with E-state index in [4.69, 9.17) is 9.47 Å². The summed E-state index contributed by atoms with van der Waals surface area (Å²) < 4.78 is 12.3. The van der Waals surface area contributed by atoms with E-state index in [1.165, 1.54) is 0 Å². The van der Waals surface area contributed by atoms with Crippen LogP contribution in [0.25, 0.3) is 0 Å². The van der Waals surface area contributed by atoms with Crippen LogP contribution in [-0.4, -0.2) is 165 Å². The van der Waals surface area contributed by atoms with E-state index < -0.39 is 22.3 Å². The molecule has 12 heteroatoms. The SMILES string of the molecule is CCC(C)(CCOC(C)(C)C(=O)CCN1CCN(c2ccc(C(=O)C(CC)(Cc3ccccc3)N(C)C)cc2)CC1)OC(=O)CCN1CCN(c2ccc(C(=O)C(CC)(Cc3ccccc3)N(C)C)cc2)CC1. The Morgan fingerprint density at radius 3 is 1.29 bits per heavy atom. The average Bonchev–Trinajstić information content (AvgIpc) is 3.40.